The van der Waals surface area contributed by atoms with Gasteiger partial charge in [0.15, 0.2) is 0 Å². The molecule has 2 atom stereocenters. The lowest BCUT2D eigenvalue weighted by Gasteiger charge is -2.18. The second-order valence-corrected chi connectivity index (χ2v) is 5.50. The first kappa shape index (κ1) is 14.6. The third-order valence-corrected chi connectivity index (χ3v) is 3.90. The lowest BCUT2D eigenvalue weighted by Crippen LogP contribution is -2.36. The van der Waals surface area contributed by atoms with E-state index in [1.54, 1.807) is 0 Å². The number of amides is 1. The average Bonchev–Trinajstić information content (AvgIpc) is 2.82. The van der Waals surface area contributed by atoms with Gasteiger partial charge in [-0.2, -0.15) is 0 Å². The standard InChI is InChI=1S/C17H21NO2/c1-12-8-9-15(14(11-12)6-4-10-19)17(20)18-16-7-3-5-13(16)2/h8-9,11,13,16,19H,3,5,7,10H2,1-2H3,(H,18,20). The summed E-state index contributed by atoms with van der Waals surface area (Å²) in [4.78, 5) is 12.4. The van der Waals surface area contributed by atoms with Gasteiger partial charge in [0.1, 0.15) is 6.61 Å². The molecule has 2 rings (SSSR count). The highest BCUT2D eigenvalue weighted by Gasteiger charge is 2.25. The van der Waals surface area contributed by atoms with Crippen LogP contribution < -0.4 is 5.32 Å². The molecule has 20 heavy (non-hydrogen) atoms. The Bertz CT molecular complexity index is 554. The zero-order valence-corrected chi connectivity index (χ0v) is 12.1. The Balaban J connectivity index is 2.20. The van der Waals surface area contributed by atoms with Crippen LogP contribution in [0.15, 0.2) is 18.2 Å². The van der Waals surface area contributed by atoms with Crippen LogP contribution in [-0.4, -0.2) is 23.7 Å². The van der Waals surface area contributed by atoms with Gasteiger partial charge in [0.25, 0.3) is 5.91 Å². The molecule has 2 unspecified atom stereocenters. The predicted octanol–water partition coefficient (Wildman–Crippen LogP) is 2.26. The summed E-state index contributed by atoms with van der Waals surface area (Å²) in [5.41, 5.74) is 2.33. The maximum Gasteiger partial charge on any atom is 0.252 e. The SMILES string of the molecule is Cc1ccc(C(=O)NC2CCCC2C)c(C#CCO)c1. The van der Waals surface area contributed by atoms with E-state index >= 15 is 0 Å². The minimum atomic E-state index is -0.200. The van der Waals surface area contributed by atoms with E-state index in [4.69, 9.17) is 5.11 Å². The van der Waals surface area contributed by atoms with E-state index in [9.17, 15) is 4.79 Å². The fraction of sp³-hybridized carbons (Fsp3) is 0.471. The normalized spacial score (nSPS) is 21.1. The van der Waals surface area contributed by atoms with Gasteiger partial charge < -0.3 is 10.4 Å². The Morgan fingerprint density at radius 2 is 2.25 bits per heavy atom. The molecular weight excluding hydrogens is 250 g/mol. The first-order valence-corrected chi connectivity index (χ1v) is 7.13. The molecule has 0 aromatic heterocycles. The number of aliphatic hydroxyl groups excluding tert-OH is 1. The zero-order valence-electron chi connectivity index (χ0n) is 12.1. The van der Waals surface area contributed by atoms with Crippen molar-refractivity contribution in [2.45, 2.75) is 39.2 Å². The molecule has 1 saturated carbocycles. The Labute approximate surface area is 120 Å². The molecule has 1 amide bonds. The molecule has 0 spiro atoms. The van der Waals surface area contributed by atoms with Gasteiger partial charge in [0.05, 0.1) is 5.56 Å². The number of rotatable bonds is 2. The van der Waals surface area contributed by atoms with E-state index in [0.29, 0.717) is 17.0 Å². The van der Waals surface area contributed by atoms with Gasteiger partial charge in [-0.1, -0.05) is 31.3 Å². The minimum Gasteiger partial charge on any atom is -0.384 e. The van der Waals surface area contributed by atoms with Crippen LogP contribution in [0, 0.1) is 24.7 Å². The molecule has 0 bridgehead atoms. The number of carbonyl (C=O) groups is 1. The second kappa shape index (κ2) is 6.58. The minimum absolute atomic E-state index is 0.0639. The highest BCUT2D eigenvalue weighted by atomic mass is 16.2. The molecule has 106 valence electrons. The van der Waals surface area contributed by atoms with Crippen LogP contribution in [0.4, 0.5) is 0 Å². The van der Waals surface area contributed by atoms with Crippen molar-refractivity contribution in [3.63, 3.8) is 0 Å². The third kappa shape index (κ3) is 3.40. The molecule has 0 aliphatic heterocycles. The summed E-state index contributed by atoms with van der Waals surface area (Å²) in [5, 5.41) is 11.9. The molecule has 0 radical (unpaired) electrons. The molecule has 3 nitrogen and oxygen atoms in total. The number of hydrogen-bond donors (Lipinski definition) is 2. The quantitative estimate of drug-likeness (QED) is 0.811. The van der Waals surface area contributed by atoms with Crippen LogP contribution in [0.5, 0.6) is 0 Å². The highest BCUT2D eigenvalue weighted by molar-refractivity contribution is 5.97. The maximum atomic E-state index is 12.4. The van der Waals surface area contributed by atoms with Crippen molar-refractivity contribution >= 4 is 5.91 Å². The van der Waals surface area contributed by atoms with E-state index in [-0.39, 0.29) is 18.6 Å². The van der Waals surface area contributed by atoms with Gasteiger partial charge >= 0.3 is 0 Å². The molecule has 2 N–H and O–H groups in total. The van der Waals surface area contributed by atoms with Gasteiger partial charge in [-0.3, -0.25) is 4.79 Å². The summed E-state index contributed by atoms with van der Waals surface area (Å²) in [7, 11) is 0. The van der Waals surface area contributed by atoms with Gasteiger partial charge in [0.2, 0.25) is 0 Å². The van der Waals surface area contributed by atoms with Crippen LogP contribution >= 0.6 is 0 Å². The van der Waals surface area contributed by atoms with E-state index in [1.807, 2.05) is 25.1 Å². The van der Waals surface area contributed by atoms with Crippen molar-refractivity contribution in [3.8, 4) is 11.8 Å². The third-order valence-electron chi connectivity index (χ3n) is 3.90. The van der Waals surface area contributed by atoms with E-state index < -0.39 is 0 Å². The molecule has 3 heteroatoms. The van der Waals surface area contributed by atoms with E-state index in [2.05, 4.69) is 24.1 Å². The molecule has 1 aromatic rings. The first-order valence-electron chi connectivity index (χ1n) is 7.13. The zero-order chi connectivity index (χ0) is 14.5. The molecule has 1 aliphatic carbocycles. The van der Waals surface area contributed by atoms with Crippen molar-refractivity contribution in [2.75, 3.05) is 6.61 Å². The number of aliphatic hydroxyl groups is 1. The Morgan fingerprint density at radius 1 is 1.45 bits per heavy atom. The Morgan fingerprint density at radius 3 is 2.90 bits per heavy atom. The summed E-state index contributed by atoms with van der Waals surface area (Å²) in [6.45, 7) is 3.94. The van der Waals surface area contributed by atoms with Crippen molar-refractivity contribution < 1.29 is 9.90 Å². The molecule has 1 fully saturated rings. The van der Waals surface area contributed by atoms with Crippen LogP contribution in [0.3, 0.4) is 0 Å². The number of aryl methyl sites for hydroxylation is 1. The smallest absolute Gasteiger partial charge is 0.252 e. The van der Waals surface area contributed by atoms with Gasteiger partial charge in [-0.15, -0.1) is 0 Å². The Hall–Kier alpha value is -1.79. The summed E-state index contributed by atoms with van der Waals surface area (Å²) >= 11 is 0. The molecular formula is C17H21NO2. The lowest BCUT2D eigenvalue weighted by atomic mass is 10.0. The van der Waals surface area contributed by atoms with Crippen LogP contribution in [0.2, 0.25) is 0 Å². The maximum absolute atomic E-state index is 12.4. The Kier molecular flexibility index (Phi) is 4.81. The van der Waals surface area contributed by atoms with Gasteiger partial charge in [0, 0.05) is 11.6 Å². The number of hydrogen-bond acceptors (Lipinski definition) is 2. The number of nitrogens with one attached hydrogen (secondary N) is 1. The molecule has 0 heterocycles. The van der Waals surface area contributed by atoms with Gasteiger partial charge in [-0.05, 0) is 43.4 Å². The van der Waals surface area contributed by atoms with Crippen molar-refractivity contribution in [3.05, 3.63) is 34.9 Å². The molecule has 0 saturated heterocycles. The number of benzene rings is 1. The lowest BCUT2D eigenvalue weighted by molar-refractivity contribution is 0.0929. The van der Waals surface area contributed by atoms with Crippen molar-refractivity contribution in [1.29, 1.82) is 0 Å². The van der Waals surface area contributed by atoms with Crippen LogP contribution in [0.1, 0.15) is 47.7 Å². The summed E-state index contributed by atoms with van der Waals surface area (Å²) < 4.78 is 0. The number of carbonyl (C=O) groups excluding carboxylic acids is 1. The van der Waals surface area contributed by atoms with Crippen LogP contribution in [-0.2, 0) is 0 Å². The van der Waals surface area contributed by atoms with Crippen LogP contribution in [0.25, 0.3) is 0 Å². The summed E-state index contributed by atoms with van der Waals surface area (Å²) in [6.07, 6.45) is 3.41. The van der Waals surface area contributed by atoms with E-state index in [0.717, 1.165) is 12.0 Å². The largest absolute Gasteiger partial charge is 0.384 e. The fourth-order valence-electron chi connectivity index (χ4n) is 2.70. The topological polar surface area (TPSA) is 49.3 Å². The summed E-state index contributed by atoms with van der Waals surface area (Å²) in [6, 6.07) is 5.88. The average molecular weight is 271 g/mol. The van der Waals surface area contributed by atoms with Crippen molar-refractivity contribution in [1.82, 2.24) is 5.32 Å². The second-order valence-electron chi connectivity index (χ2n) is 5.50. The van der Waals surface area contributed by atoms with Gasteiger partial charge in [-0.25, -0.2) is 0 Å². The fourth-order valence-corrected chi connectivity index (χ4v) is 2.70. The van der Waals surface area contributed by atoms with Crippen molar-refractivity contribution in [2.24, 2.45) is 5.92 Å². The summed E-state index contributed by atoms with van der Waals surface area (Å²) in [5.74, 6) is 5.95. The monoisotopic (exact) mass is 271 g/mol. The highest BCUT2D eigenvalue weighted by Crippen LogP contribution is 2.25. The van der Waals surface area contributed by atoms with E-state index in [1.165, 1.54) is 12.8 Å². The molecule has 1 aromatic carbocycles. The molecule has 1 aliphatic rings. The predicted molar refractivity (Wildman–Crippen MR) is 79.4 cm³/mol. The first-order chi connectivity index (χ1) is 9.61.